The number of nitrogens with one attached hydrogen (secondary N) is 1. The van der Waals surface area contributed by atoms with Crippen molar-refractivity contribution in [3.8, 4) is 0 Å². The van der Waals surface area contributed by atoms with E-state index in [1.54, 1.807) is 0 Å². The van der Waals surface area contributed by atoms with E-state index in [0.29, 0.717) is 11.8 Å². The van der Waals surface area contributed by atoms with Gasteiger partial charge in [-0.3, -0.25) is 9.59 Å². The summed E-state index contributed by atoms with van der Waals surface area (Å²) in [4.78, 5) is 28.5. The Kier molecular flexibility index (Phi) is 5.72. The van der Waals surface area contributed by atoms with Crippen LogP contribution in [-0.2, 0) is 9.59 Å². The maximum Gasteiger partial charge on any atom is 0.245 e. The van der Waals surface area contributed by atoms with Gasteiger partial charge in [-0.05, 0) is 44.1 Å². The molecule has 0 aromatic heterocycles. The molecule has 3 rings (SSSR count). The van der Waals surface area contributed by atoms with Crippen molar-refractivity contribution in [1.29, 1.82) is 0 Å². The van der Waals surface area contributed by atoms with Crippen LogP contribution in [0.2, 0.25) is 0 Å². The molecule has 1 N–H and O–H groups in total. The third-order valence-corrected chi connectivity index (χ3v) is 5.63. The molecule has 2 amide bonds. The van der Waals surface area contributed by atoms with Crippen LogP contribution in [0.15, 0.2) is 0 Å². The van der Waals surface area contributed by atoms with Gasteiger partial charge in [0.25, 0.3) is 0 Å². The fourth-order valence-electron chi connectivity index (χ4n) is 4.16. The van der Waals surface area contributed by atoms with Crippen LogP contribution < -0.4 is 5.32 Å². The first kappa shape index (κ1) is 17.5. The molecule has 3 heterocycles. The molecule has 0 aromatic carbocycles. The second-order valence-corrected chi connectivity index (χ2v) is 6.87. The van der Waals surface area contributed by atoms with Gasteiger partial charge >= 0.3 is 0 Å². The fraction of sp³-hybridized carbons (Fsp3) is 0.875. The Balaban J connectivity index is 0.00000176. The van der Waals surface area contributed by atoms with Crippen LogP contribution in [0.3, 0.4) is 0 Å². The quantitative estimate of drug-likeness (QED) is 0.852. The van der Waals surface area contributed by atoms with Crippen LogP contribution in [-0.4, -0.2) is 60.4 Å². The summed E-state index contributed by atoms with van der Waals surface area (Å²) in [5.41, 5.74) is 0.432. The Morgan fingerprint density at radius 3 is 2.50 bits per heavy atom. The second-order valence-electron chi connectivity index (χ2n) is 6.87. The predicted octanol–water partition coefficient (Wildman–Crippen LogP) is 1.41. The van der Waals surface area contributed by atoms with Crippen molar-refractivity contribution in [3.05, 3.63) is 0 Å². The molecule has 1 unspecified atom stereocenters. The average Bonchev–Trinajstić information content (AvgIpc) is 3.11. The molecule has 3 aliphatic heterocycles. The predicted molar refractivity (Wildman–Crippen MR) is 88.0 cm³/mol. The highest BCUT2D eigenvalue weighted by molar-refractivity contribution is 5.88. The Labute approximate surface area is 139 Å². The molecular formula is C16H28ClN3O2. The Morgan fingerprint density at radius 2 is 2.00 bits per heavy atom. The molecule has 6 heteroatoms. The van der Waals surface area contributed by atoms with Gasteiger partial charge in [0.2, 0.25) is 11.8 Å². The molecule has 0 bridgehead atoms. The zero-order valence-electron chi connectivity index (χ0n) is 13.5. The third-order valence-electron chi connectivity index (χ3n) is 5.63. The van der Waals surface area contributed by atoms with Crippen LogP contribution >= 0.6 is 12.4 Å². The van der Waals surface area contributed by atoms with E-state index >= 15 is 0 Å². The number of piperidine rings is 1. The van der Waals surface area contributed by atoms with Crippen molar-refractivity contribution >= 4 is 24.2 Å². The van der Waals surface area contributed by atoms with E-state index in [1.807, 2.05) is 16.7 Å². The maximum absolute atomic E-state index is 12.8. The van der Waals surface area contributed by atoms with Gasteiger partial charge in [-0.15, -0.1) is 12.4 Å². The summed E-state index contributed by atoms with van der Waals surface area (Å²) < 4.78 is 0. The molecule has 1 spiro atoms. The van der Waals surface area contributed by atoms with Crippen molar-refractivity contribution in [1.82, 2.24) is 15.1 Å². The normalized spacial score (nSPS) is 25.4. The van der Waals surface area contributed by atoms with Gasteiger partial charge in [0, 0.05) is 32.6 Å². The summed E-state index contributed by atoms with van der Waals surface area (Å²) >= 11 is 0. The van der Waals surface area contributed by atoms with E-state index in [1.165, 1.54) is 6.42 Å². The number of rotatable bonds is 3. The number of halogens is 1. The first-order chi connectivity index (χ1) is 10.2. The van der Waals surface area contributed by atoms with Crippen molar-refractivity contribution in [2.24, 2.45) is 5.41 Å². The van der Waals surface area contributed by atoms with Crippen LogP contribution in [0, 0.1) is 5.41 Å². The molecule has 5 nitrogen and oxygen atoms in total. The number of nitrogens with zero attached hydrogens (tertiary/aromatic N) is 2. The van der Waals surface area contributed by atoms with Crippen LogP contribution in [0.5, 0.6) is 0 Å². The summed E-state index contributed by atoms with van der Waals surface area (Å²) in [6.45, 7) is 6.72. The number of hydrogen-bond donors (Lipinski definition) is 1. The lowest BCUT2D eigenvalue weighted by molar-refractivity contribution is -0.145. The summed E-state index contributed by atoms with van der Waals surface area (Å²) in [5, 5.41) is 3.46. The van der Waals surface area contributed by atoms with E-state index in [2.05, 4.69) is 5.32 Å². The zero-order valence-corrected chi connectivity index (χ0v) is 14.3. The van der Waals surface area contributed by atoms with Gasteiger partial charge < -0.3 is 15.1 Å². The van der Waals surface area contributed by atoms with Crippen molar-refractivity contribution in [2.75, 3.05) is 32.7 Å². The minimum absolute atomic E-state index is 0. The molecule has 126 valence electrons. The van der Waals surface area contributed by atoms with E-state index in [0.717, 1.165) is 58.4 Å². The number of amides is 2. The summed E-state index contributed by atoms with van der Waals surface area (Å²) in [6, 6.07) is -0.226. The standard InChI is InChI=1S/C16H27N3O2.ClH/c1-2-13(19-9-3-4-14(19)20)15(21)18-10-6-16(7-11-18)5-8-17-12-16;/h13,17H,2-12H2,1H3;1H. The Hall–Kier alpha value is -0.810. The van der Waals surface area contributed by atoms with Crippen molar-refractivity contribution in [3.63, 3.8) is 0 Å². The van der Waals surface area contributed by atoms with Gasteiger partial charge in [-0.2, -0.15) is 0 Å². The highest BCUT2D eigenvalue weighted by Crippen LogP contribution is 2.37. The highest BCUT2D eigenvalue weighted by Gasteiger charge is 2.40. The number of carbonyl (C=O) groups excluding carboxylic acids is 2. The summed E-state index contributed by atoms with van der Waals surface area (Å²) in [6.07, 6.45) is 5.70. The zero-order chi connectivity index (χ0) is 14.9. The van der Waals surface area contributed by atoms with Crippen molar-refractivity contribution < 1.29 is 9.59 Å². The molecule has 3 aliphatic rings. The fourth-order valence-corrected chi connectivity index (χ4v) is 4.16. The minimum Gasteiger partial charge on any atom is -0.341 e. The van der Waals surface area contributed by atoms with E-state index < -0.39 is 0 Å². The largest absolute Gasteiger partial charge is 0.341 e. The molecule has 0 aromatic rings. The lowest BCUT2D eigenvalue weighted by atomic mass is 9.77. The van der Waals surface area contributed by atoms with E-state index in [4.69, 9.17) is 0 Å². The van der Waals surface area contributed by atoms with Crippen LogP contribution in [0.4, 0.5) is 0 Å². The Bertz CT molecular complexity index is 414. The first-order valence-corrected chi connectivity index (χ1v) is 8.44. The van der Waals surface area contributed by atoms with Gasteiger partial charge in [0.1, 0.15) is 6.04 Å². The molecule has 0 saturated carbocycles. The molecule has 0 radical (unpaired) electrons. The molecule has 22 heavy (non-hydrogen) atoms. The third kappa shape index (κ3) is 3.25. The van der Waals surface area contributed by atoms with E-state index in [9.17, 15) is 9.59 Å². The second kappa shape index (κ2) is 7.18. The molecule has 3 fully saturated rings. The number of hydrogen-bond acceptors (Lipinski definition) is 3. The highest BCUT2D eigenvalue weighted by atomic mass is 35.5. The summed E-state index contributed by atoms with van der Waals surface area (Å²) in [5.74, 6) is 0.331. The van der Waals surface area contributed by atoms with Crippen LogP contribution in [0.1, 0.15) is 45.4 Å². The van der Waals surface area contributed by atoms with Gasteiger partial charge in [-0.25, -0.2) is 0 Å². The molecule has 1 atom stereocenters. The molecule has 0 aliphatic carbocycles. The number of likely N-dealkylation sites (tertiary alicyclic amines) is 2. The first-order valence-electron chi connectivity index (χ1n) is 8.44. The summed E-state index contributed by atoms with van der Waals surface area (Å²) in [7, 11) is 0. The van der Waals surface area contributed by atoms with Gasteiger partial charge in [-0.1, -0.05) is 6.92 Å². The average molecular weight is 330 g/mol. The number of carbonyl (C=O) groups is 2. The Morgan fingerprint density at radius 1 is 1.27 bits per heavy atom. The molecule has 3 saturated heterocycles. The molecular weight excluding hydrogens is 302 g/mol. The van der Waals surface area contributed by atoms with Gasteiger partial charge in [0.15, 0.2) is 0 Å². The lowest BCUT2D eigenvalue weighted by Gasteiger charge is -2.41. The smallest absolute Gasteiger partial charge is 0.245 e. The topological polar surface area (TPSA) is 52.7 Å². The van der Waals surface area contributed by atoms with E-state index in [-0.39, 0.29) is 30.3 Å². The minimum atomic E-state index is -0.226. The van der Waals surface area contributed by atoms with Gasteiger partial charge in [0.05, 0.1) is 0 Å². The lowest BCUT2D eigenvalue weighted by Crippen LogP contribution is -2.52. The monoisotopic (exact) mass is 329 g/mol. The maximum atomic E-state index is 12.8. The van der Waals surface area contributed by atoms with Crippen LogP contribution in [0.25, 0.3) is 0 Å². The SMILES string of the molecule is CCC(C(=O)N1CCC2(CCNC2)CC1)N1CCCC1=O.Cl. The van der Waals surface area contributed by atoms with Crippen molar-refractivity contribution in [2.45, 2.75) is 51.5 Å².